The number of nitrogens with one attached hydrogen (secondary N) is 2. The van der Waals surface area contributed by atoms with Gasteiger partial charge in [0.1, 0.15) is 18.0 Å². The fourth-order valence-electron chi connectivity index (χ4n) is 1.89. The largest absolute Gasteiger partial charge is 0.373 e. The fourth-order valence-corrected chi connectivity index (χ4v) is 1.89. The Kier molecular flexibility index (Phi) is 5.54. The number of hydrogen-bond donors (Lipinski definition) is 2. The van der Waals surface area contributed by atoms with Gasteiger partial charge in [0.05, 0.1) is 6.54 Å². The van der Waals surface area contributed by atoms with Gasteiger partial charge in [0.15, 0.2) is 0 Å². The van der Waals surface area contributed by atoms with Gasteiger partial charge < -0.3 is 15.5 Å². The van der Waals surface area contributed by atoms with Gasteiger partial charge in [-0.05, 0) is 27.7 Å². The molecule has 0 spiro atoms. The number of rotatable bonds is 6. The molecule has 0 saturated carbocycles. The van der Waals surface area contributed by atoms with Crippen molar-refractivity contribution < 1.29 is 4.79 Å². The molecule has 0 aliphatic heterocycles. The average molecular weight is 265 g/mol. The van der Waals surface area contributed by atoms with E-state index in [2.05, 4.69) is 20.6 Å². The topological polar surface area (TPSA) is 70.2 Å². The van der Waals surface area contributed by atoms with Crippen LogP contribution in [0.2, 0.25) is 0 Å². The molecule has 1 aromatic heterocycles. The number of nitrogens with zero attached hydrogens (tertiary/aromatic N) is 3. The molecule has 106 valence electrons. The van der Waals surface area contributed by atoms with Crippen molar-refractivity contribution in [3.8, 4) is 0 Å². The van der Waals surface area contributed by atoms with Crippen LogP contribution in [0.15, 0.2) is 6.33 Å². The summed E-state index contributed by atoms with van der Waals surface area (Å²) in [5.41, 5.74) is 0.948. The van der Waals surface area contributed by atoms with Gasteiger partial charge in [0.2, 0.25) is 5.91 Å². The van der Waals surface area contributed by atoms with Crippen molar-refractivity contribution in [3.05, 3.63) is 11.9 Å². The van der Waals surface area contributed by atoms with Gasteiger partial charge >= 0.3 is 0 Å². The van der Waals surface area contributed by atoms with Crippen molar-refractivity contribution >= 4 is 17.5 Å². The molecule has 0 saturated heterocycles. The summed E-state index contributed by atoms with van der Waals surface area (Å²) in [6, 6.07) is 0.144. The van der Waals surface area contributed by atoms with Crippen molar-refractivity contribution in [2.24, 2.45) is 0 Å². The minimum atomic E-state index is 0.000805. The molecule has 6 heteroatoms. The summed E-state index contributed by atoms with van der Waals surface area (Å²) in [5.74, 6) is 1.58. The molecule has 0 aliphatic carbocycles. The second-order valence-corrected chi connectivity index (χ2v) is 4.66. The second kappa shape index (κ2) is 6.92. The standard InChI is InChI=1S/C13H23N5O/c1-6-18(7-11(19)17-9(2)3)13-10(4)12(14-5)15-8-16-13/h8-9H,6-7H2,1-5H3,(H,17,19)(H,14,15,16). The first-order valence-corrected chi connectivity index (χ1v) is 6.53. The molecule has 0 unspecified atom stereocenters. The Labute approximate surface area is 114 Å². The van der Waals surface area contributed by atoms with E-state index in [1.165, 1.54) is 6.33 Å². The summed E-state index contributed by atoms with van der Waals surface area (Å²) in [6.07, 6.45) is 1.51. The first kappa shape index (κ1) is 15.2. The van der Waals surface area contributed by atoms with E-state index in [0.29, 0.717) is 13.1 Å². The lowest BCUT2D eigenvalue weighted by Gasteiger charge is -2.24. The van der Waals surface area contributed by atoms with E-state index in [1.54, 1.807) is 0 Å². The molecule has 0 fully saturated rings. The van der Waals surface area contributed by atoms with Crippen LogP contribution in [0.5, 0.6) is 0 Å². The molecule has 0 atom stereocenters. The maximum atomic E-state index is 11.9. The van der Waals surface area contributed by atoms with Crippen LogP contribution in [0, 0.1) is 6.92 Å². The van der Waals surface area contributed by atoms with Crippen molar-refractivity contribution in [3.63, 3.8) is 0 Å². The maximum Gasteiger partial charge on any atom is 0.239 e. The van der Waals surface area contributed by atoms with Crippen LogP contribution in [0.4, 0.5) is 11.6 Å². The Balaban J connectivity index is 2.88. The molecule has 6 nitrogen and oxygen atoms in total. The lowest BCUT2D eigenvalue weighted by molar-refractivity contribution is -0.120. The van der Waals surface area contributed by atoms with Crippen LogP contribution in [-0.4, -0.2) is 42.1 Å². The Morgan fingerprint density at radius 3 is 2.63 bits per heavy atom. The minimum Gasteiger partial charge on any atom is -0.373 e. The average Bonchev–Trinajstić information content (AvgIpc) is 2.35. The second-order valence-electron chi connectivity index (χ2n) is 4.66. The third kappa shape index (κ3) is 4.08. The van der Waals surface area contributed by atoms with Crippen LogP contribution in [-0.2, 0) is 4.79 Å². The van der Waals surface area contributed by atoms with E-state index in [0.717, 1.165) is 17.2 Å². The molecule has 2 N–H and O–H groups in total. The van der Waals surface area contributed by atoms with Crippen molar-refractivity contribution in [2.45, 2.75) is 33.7 Å². The Bertz CT molecular complexity index is 433. The van der Waals surface area contributed by atoms with Gasteiger partial charge in [-0.15, -0.1) is 0 Å². The third-order valence-electron chi connectivity index (χ3n) is 2.76. The molecule has 1 rings (SSSR count). The first-order valence-electron chi connectivity index (χ1n) is 6.53. The predicted molar refractivity (Wildman–Crippen MR) is 77.5 cm³/mol. The summed E-state index contributed by atoms with van der Waals surface area (Å²) in [5, 5.41) is 5.91. The summed E-state index contributed by atoms with van der Waals surface area (Å²) in [7, 11) is 1.82. The highest BCUT2D eigenvalue weighted by atomic mass is 16.2. The molecular formula is C13H23N5O. The molecule has 0 radical (unpaired) electrons. The van der Waals surface area contributed by atoms with E-state index < -0.39 is 0 Å². The van der Waals surface area contributed by atoms with Crippen LogP contribution >= 0.6 is 0 Å². The molecular weight excluding hydrogens is 242 g/mol. The SMILES string of the molecule is CCN(CC(=O)NC(C)C)c1ncnc(NC)c1C. The summed E-state index contributed by atoms with van der Waals surface area (Å²) >= 11 is 0. The molecule has 1 aromatic rings. The van der Waals surface area contributed by atoms with Crippen molar-refractivity contribution in [1.82, 2.24) is 15.3 Å². The predicted octanol–water partition coefficient (Wildman–Crippen LogP) is 1.18. The van der Waals surface area contributed by atoms with E-state index in [-0.39, 0.29) is 11.9 Å². The molecule has 0 aliphatic rings. The maximum absolute atomic E-state index is 11.9. The highest BCUT2D eigenvalue weighted by Gasteiger charge is 2.15. The number of anilines is 2. The lowest BCUT2D eigenvalue weighted by atomic mass is 10.2. The summed E-state index contributed by atoms with van der Waals surface area (Å²) < 4.78 is 0. The number of aromatic nitrogens is 2. The molecule has 19 heavy (non-hydrogen) atoms. The van der Waals surface area contributed by atoms with Crippen LogP contribution in [0.3, 0.4) is 0 Å². The smallest absolute Gasteiger partial charge is 0.239 e. The van der Waals surface area contributed by atoms with E-state index >= 15 is 0 Å². The quantitative estimate of drug-likeness (QED) is 0.808. The number of likely N-dealkylation sites (N-methyl/N-ethyl adjacent to an activating group) is 1. The van der Waals surface area contributed by atoms with Crippen LogP contribution in [0.1, 0.15) is 26.3 Å². The van der Waals surface area contributed by atoms with E-state index in [1.807, 2.05) is 39.6 Å². The summed E-state index contributed by atoms with van der Waals surface area (Å²) in [4.78, 5) is 22.2. The first-order chi connectivity index (χ1) is 8.99. The van der Waals surface area contributed by atoms with Gasteiger partial charge in [-0.25, -0.2) is 9.97 Å². The molecule has 1 heterocycles. The number of carbonyl (C=O) groups excluding carboxylic acids is 1. The van der Waals surface area contributed by atoms with E-state index in [9.17, 15) is 4.79 Å². The number of carbonyl (C=O) groups is 1. The van der Waals surface area contributed by atoms with Gasteiger partial charge in [0.25, 0.3) is 0 Å². The Hall–Kier alpha value is -1.85. The van der Waals surface area contributed by atoms with Crippen LogP contribution in [0.25, 0.3) is 0 Å². The highest BCUT2D eigenvalue weighted by Crippen LogP contribution is 2.21. The zero-order chi connectivity index (χ0) is 14.4. The van der Waals surface area contributed by atoms with Gasteiger partial charge in [-0.1, -0.05) is 0 Å². The van der Waals surface area contributed by atoms with Gasteiger partial charge in [-0.3, -0.25) is 4.79 Å². The lowest BCUT2D eigenvalue weighted by Crippen LogP contribution is -2.40. The fraction of sp³-hybridized carbons (Fsp3) is 0.615. The van der Waals surface area contributed by atoms with Crippen molar-refractivity contribution in [2.75, 3.05) is 30.4 Å². The zero-order valence-electron chi connectivity index (χ0n) is 12.3. The summed E-state index contributed by atoms with van der Waals surface area (Å²) in [6.45, 7) is 8.86. The number of hydrogen-bond acceptors (Lipinski definition) is 5. The zero-order valence-corrected chi connectivity index (χ0v) is 12.3. The van der Waals surface area contributed by atoms with Gasteiger partial charge in [0, 0.05) is 25.2 Å². The number of amides is 1. The normalized spacial score (nSPS) is 10.4. The molecule has 1 amide bonds. The molecule has 0 aromatic carbocycles. The van der Waals surface area contributed by atoms with Crippen molar-refractivity contribution in [1.29, 1.82) is 0 Å². The van der Waals surface area contributed by atoms with E-state index in [4.69, 9.17) is 0 Å². The Morgan fingerprint density at radius 1 is 1.42 bits per heavy atom. The molecule has 0 bridgehead atoms. The third-order valence-corrected chi connectivity index (χ3v) is 2.76. The monoisotopic (exact) mass is 265 g/mol. The highest BCUT2D eigenvalue weighted by molar-refractivity contribution is 5.81. The van der Waals surface area contributed by atoms with Gasteiger partial charge in [-0.2, -0.15) is 0 Å². The minimum absolute atomic E-state index is 0.000805. The van der Waals surface area contributed by atoms with Crippen LogP contribution < -0.4 is 15.5 Å². The Morgan fingerprint density at radius 2 is 2.11 bits per heavy atom.